The largest absolute Gasteiger partial charge is 0.275 e. The van der Waals surface area contributed by atoms with Crippen molar-refractivity contribution in [1.29, 1.82) is 0 Å². The van der Waals surface area contributed by atoms with Crippen LogP contribution < -0.4 is 0 Å². The number of aromatic amines is 1. The van der Waals surface area contributed by atoms with E-state index in [4.69, 9.17) is 5.10 Å². The van der Waals surface area contributed by atoms with Crippen LogP contribution in [0.4, 0.5) is 0 Å². The van der Waals surface area contributed by atoms with Crippen molar-refractivity contribution >= 4 is 16.3 Å². The van der Waals surface area contributed by atoms with Gasteiger partial charge in [-0.25, -0.2) is 0 Å². The Balaban J connectivity index is 1.49. The van der Waals surface area contributed by atoms with E-state index in [0.29, 0.717) is 5.92 Å². The molecular weight excluding hydrogens is 332 g/mol. The lowest BCUT2D eigenvalue weighted by Crippen LogP contribution is -2.09. The first-order valence-corrected chi connectivity index (χ1v) is 9.53. The molecule has 1 aliphatic rings. The fourth-order valence-electron chi connectivity index (χ4n) is 3.54. The minimum atomic E-state index is 0.486. The van der Waals surface area contributed by atoms with Crippen LogP contribution in [-0.4, -0.2) is 30.0 Å². The zero-order chi connectivity index (χ0) is 16.6. The molecule has 1 aliphatic carbocycles. The Morgan fingerprint density at radius 2 is 1.88 bits per heavy atom. The summed E-state index contributed by atoms with van der Waals surface area (Å²) in [5, 5.41) is 21.9. The molecule has 3 aromatic heterocycles. The molecule has 4 aromatic rings. The van der Waals surface area contributed by atoms with E-state index in [9.17, 15) is 0 Å². The topological polar surface area (TPSA) is 71.8 Å². The van der Waals surface area contributed by atoms with Crippen molar-refractivity contribution in [3.8, 4) is 22.0 Å². The van der Waals surface area contributed by atoms with Gasteiger partial charge >= 0.3 is 0 Å². The van der Waals surface area contributed by atoms with Gasteiger partial charge in [-0.2, -0.15) is 14.7 Å². The Morgan fingerprint density at radius 1 is 1.04 bits per heavy atom. The maximum atomic E-state index is 4.76. The van der Waals surface area contributed by atoms with Crippen LogP contribution >= 0.6 is 11.3 Å². The molecule has 1 saturated carbocycles. The molecule has 0 radical (unpaired) electrons. The number of nitrogens with one attached hydrogen (secondary N) is 1. The maximum Gasteiger partial charge on any atom is 0.235 e. The summed E-state index contributed by atoms with van der Waals surface area (Å²) in [5.74, 6) is 1.50. The van der Waals surface area contributed by atoms with Crippen LogP contribution in [0.5, 0.6) is 0 Å². The molecule has 0 saturated heterocycles. The summed E-state index contributed by atoms with van der Waals surface area (Å²) in [6.07, 6.45) is 6.26. The molecule has 0 unspecified atom stereocenters. The van der Waals surface area contributed by atoms with Gasteiger partial charge in [0.15, 0.2) is 10.8 Å². The summed E-state index contributed by atoms with van der Waals surface area (Å²) >= 11 is 1.55. The van der Waals surface area contributed by atoms with Crippen molar-refractivity contribution in [3.63, 3.8) is 0 Å². The van der Waals surface area contributed by atoms with Crippen LogP contribution in [0.2, 0.25) is 0 Å². The van der Waals surface area contributed by atoms with Gasteiger partial charge in [-0.1, -0.05) is 60.9 Å². The number of H-pyrrole nitrogens is 1. The van der Waals surface area contributed by atoms with Gasteiger partial charge in [0, 0.05) is 11.5 Å². The average Bonchev–Trinajstić information content (AvgIpc) is 3.38. The number of hydrogen-bond donors (Lipinski definition) is 1. The Hall–Kier alpha value is -2.54. The Bertz CT molecular complexity index is 993. The molecule has 0 amide bonds. The highest BCUT2D eigenvalue weighted by molar-refractivity contribution is 7.19. The van der Waals surface area contributed by atoms with Gasteiger partial charge in [-0.05, 0) is 18.9 Å². The molecular formula is C18H18N6S. The molecule has 6 nitrogen and oxygen atoms in total. The molecule has 3 heterocycles. The highest BCUT2D eigenvalue weighted by Gasteiger charge is 2.23. The van der Waals surface area contributed by atoms with Crippen molar-refractivity contribution in [2.45, 2.75) is 38.0 Å². The predicted octanol–water partition coefficient (Wildman–Crippen LogP) is 4.29. The molecule has 0 spiro atoms. The molecule has 126 valence electrons. The van der Waals surface area contributed by atoms with E-state index in [-0.39, 0.29) is 0 Å². The summed E-state index contributed by atoms with van der Waals surface area (Å²) < 4.78 is 1.93. The lowest BCUT2D eigenvalue weighted by Gasteiger charge is -2.18. The molecule has 1 N–H and O–H groups in total. The minimum Gasteiger partial charge on any atom is -0.275 e. The van der Waals surface area contributed by atoms with Gasteiger partial charge in [0.25, 0.3) is 0 Å². The molecule has 0 bridgehead atoms. The van der Waals surface area contributed by atoms with Crippen molar-refractivity contribution in [1.82, 2.24) is 30.0 Å². The van der Waals surface area contributed by atoms with Crippen LogP contribution in [0, 0.1) is 0 Å². The number of hydrogen-bond acceptors (Lipinski definition) is 5. The summed E-state index contributed by atoms with van der Waals surface area (Å²) in [4.78, 5) is 0.853. The van der Waals surface area contributed by atoms with E-state index < -0.39 is 0 Å². The summed E-state index contributed by atoms with van der Waals surface area (Å²) in [7, 11) is 0. The van der Waals surface area contributed by atoms with Crippen LogP contribution in [0.15, 0.2) is 36.4 Å². The number of rotatable bonds is 3. The smallest absolute Gasteiger partial charge is 0.235 e. The third-order valence-electron chi connectivity index (χ3n) is 4.86. The fourth-order valence-corrected chi connectivity index (χ4v) is 4.36. The van der Waals surface area contributed by atoms with E-state index in [2.05, 4.69) is 32.5 Å². The van der Waals surface area contributed by atoms with Crippen molar-refractivity contribution in [2.75, 3.05) is 0 Å². The normalized spacial score (nSPS) is 15.8. The number of benzene rings is 1. The zero-order valence-electron chi connectivity index (χ0n) is 13.7. The second kappa shape index (κ2) is 6.07. The van der Waals surface area contributed by atoms with E-state index in [1.165, 1.54) is 32.1 Å². The highest BCUT2D eigenvalue weighted by atomic mass is 32.1. The van der Waals surface area contributed by atoms with Crippen LogP contribution in [0.1, 0.15) is 43.8 Å². The molecule has 25 heavy (non-hydrogen) atoms. The monoisotopic (exact) mass is 350 g/mol. The van der Waals surface area contributed by atoms with Crippen LogP contribution in [-0.2, 0) is 0 Å². The van der Waals surface area contributed by atoms with Gasteiger partial charge in [-0.3, -0.25) is 5.10 Å². The highest BCUT2D eigenvalue weighted by Crippen LogP contribution is 2.33. The van der Waals surface area contributed by atoms with Gasteiger partial charge in [0.1, 0.15) is 0 Å². The van der Waals surface area contributed by atoms with E-state index in [0.717, 1.165) is 32.7 Å². The van der Waals surface area contributed by atoms with E-state index in [1.807, 2.05) is 28.8 Å². The van der Waals surface area contributed by atoms with Gasteiger partial charge in [-0.15, -0.1) is 10.2 Å². The molecule has 5 rings (SSSR count). The molecule has 0 aliphatic heterocycles. The SMILES string of the molecule is c1ccc(-c2cc(-c3nn4c(C5CCCCC5)nnc4s3)[nH]n2)cc1. The first-order chi connectivity index (χ1) is 12.4. The Labute approximate surface area is 148 Å². The summed E-state index contributed by atoms with van der Waals surface area (Å²) in [5.41, 5.74) is 2.94. The third-order valence-corrected chi connectivity index (χ3v) is 5.80. The Morgan fingerprint density at radius 3 is 2.72 bits per heavy atom. The van der Waals surface area contributed by atoms with E-state index >= 15 is 0 Å². The molecule has 0 atom stereocenters. The lowest BCUT2D eigenvalue weighted by molar-refractivity contribution is 0.423. The number of fused-ring (bicyclic) bond motifs is 1. The third kappa shape index (κ3) is 2.64. The van der Waals surface area contributed by atoms with Crippen LogP contribution in [0.3, 0.4) is 0 Å². The first-order valence-electron chi connectivity index (χ1n) is 8.72. The average molecular weight is 350 g/mol. The second-order valence-electron chi connectivity index (χ2n) is 6.53. The quantitative estimate of drug-likeness (QED) is 0.598. The number of aromatic nitrogens is 6. The first kappa shape index (κ1) is 14.8. The predicted molar refractivity (Wildman–Crippen MR) is 97.5 cm³/mol. The van der Waals surface area contributed by atoms with Crippen molar-refractivity contribution in [2.24, 2.45) is 0 Å². The van der Waals surface area contributed by atoms with Crippen molar-refractivity contribution in [3.05, 3.63) is 42.2 Å². The summed E-state index contributed by atoms with van der Waals surface area (Å²) in [6, 6.07) is 12.2. The Kier molecular flexibility index (Phi) is 3.59. The fraction of sp³-hybridized carbons (Fsp3) is 0.333. The van der Waals surface area contributed by atoms with E-state index in [1.54, 1.807) is 11.3 Å². The second-order valence-corrected chi connectivity index (χ2v) is 7.48. The molecule has 1 fully saturated rings. The minimum absolute atomic E-state index is 0.486. The van der Waals surface area contributed by atoms with Gasteiger partial charge in [0.05, 0.1) is 11.4 Å². The summed E-state index contributed by atoms with van der Waals surface area (Å²) in [6.45, 7) is 0. The van der Waals surface area contributed by atoms with Gasteiger partial charge < -0.3 is 0 Å². The molecule has 1 aromatic carbocycles. The van der Waals surface area contributed by atoms with Crippen LogP contribution in [0.25, 0.3) is 26.9 Å². The lowest BCUT2D eigenvalue weighted by atomic mass is 9.89. The standard InChI is InChI=1S/C18H18N6S/c1-3-7-12(8-4-1)14-11-15(20-19-14)17-23-24-16(21-22-18(24)25-17)13-9-5-2-6-10-13/h1,3-4,7-8,11,13H,2,5-6,9-10H2,(H,19,20). The van der Waals surface area contributed by atoms with Crippen molar-refractivity contribution < 1.29 is 0 Å². The molecule has 7 heteroatoms. The maximum absolute atomic E-state index is 4.76. The zero-order valence-corrected chi connectivity index (χ0v) is 14.5. The number of nitrogens with zero attached hydrogens (tertiary/aromatic N) is 5. The van der Waals surface area contributed by atoms with Gasteiger partial charge in [0.2, 0.25) is 4.96 Å².